The fourth-order valence-corrected chi connectivity index (χ4v) is 2.96. The zero-order valence-corrected chi connectivity index (χ0v) is 14.3. The Morgan fingerprint density at radius 2 is 2.20 bits per heavy atom. The van der Waals surface area contributed by atoms with Crippen LogP contribution < -0.4 is 10.6 Å². The molecule has 2 N–H and O–H groups in total. The molecule has 134 valence electrons. The minimum Gasteiger partial charge on any atom is -0.390 e. The Morgan fingerprint density at radius 1 is 1.40 bits per heavy atom. The summed E-state index contributed by atoms with van der Waals surface area (Å²) in [6.07, 6.45) is -3.58. The van der Waals surface area contributed by atoms with Crippen LogP contribution in [0.4, 0.5) is 24.1 Å². The van der Waals surface area contributed by atoms with E-state index in [1.54, 1.807) is 7.05 Å². The number of pyridine rings is 1. The van der Waals surface area contributed by atoms with Gasteiger partial charge in [-0.1, -0.05) is 28.1 Å². The molecule has 1 aliphatic heterocycles. The molecule has 0 bridgehead atoms. The Labute approximate surface area is 149 Å². The molecule has 3 heterocycles. The molecule has 0 unspecified atom stereocenters. The monoisotopic (exact) mass is 392 g/mol. The van der Waals surface area contributed by atoms with E-state index >= 15 is 0 Å². The van der Waals surface area contributed by atoms with Crippen molar-refractivity contribution in [2.24, 2.45) is 5.16 Å². The molecule has 12 heteroatoms. The van der Waals surface area contributed by atoms with Crippen LogP contribution in [0.15, 0.2) is 17.4 Å². The van der Waals surface area contributed by atoms with Gasteiger partial charge in [-0.15, -0.1) is 10.2 Å². The maximum absolute atomic E-state index is 12.6. The molecule has 7 nitrogen and oxygen atoms in total. The van der Waals surface area contributed by atoms with Gasteiger partial charge >= 0.3 is 6.18 Å². The summed E-state index contributed by atoms with van der Waals surface area (Å²) in [6.45, 7) is 0.281. The highest BCUT2D eigenvalue weighted by molar-refractivity contribution is 7.17. The van der Waals surface area contributed by atoms with Crippen LogP contribution in [0.2, 0.25) is 5.02 Å². The Bertz CT molecular complexity index is 796. The maximum atomic E-state index is 12.6. The molecule has 0 fully saturated rings. The van der Waals surface area contributed by atoms with Gasteiger partial charge in [0.1, 0.15) is 17.6 Å². The summed E-state index contributed by atoms with van der Waals surface area (Å²) in [6, 6.07) is 0.828. The highest BCUT2D eigenvalue weighted by Gasteiger charge is 2.32. The minimum absolute atomic E-state index is 0.114. The second-order valence-corrected chi connectivity index (χ2v) is 6.45. The highest BCUT2D eigenvalue weighted by Crippen LogP contribution is 2.32. The van der Waals surface area contributed by atoms with Gasteiger partial charge < -0.3 is 15.5 Å². The number of aromatic nitrogens is 3. The molecule has 0 radical (unpaired) electrons. The summed E-state index contributed by atoms with van der Waals surface area (Å²) in [4.78, 5) is 9.01. The molecule has 0 aromatic carbocycles. The number of nitrogens with one attached hydrogen (secondary N) is 2. The molecule has 2 aromatic heterocycles. The number of nitrogens with zero attached hydrogens (tertiary/aromatic N) is 4. The zero-order valence-electron chi connectivity index (χ0n) is 12.8. The number of anilines is 2. The third kappa shape index (κ3) is 4.10. The molecule has 25 heavy (non-hydrogen) atoms. The van der Waals surface area contributed by atoms with E-state index in [1.165, 1.54) is 11.3 Å². The third-order valence-electron chi connectivity index (χ3n) is 3.28. The quantitative estimate of drug-likeness (QED) is 0.812. The summed E-state index contributed by atoms with van der Waals surface area (Å²) < 4.78 is 37.8. The zero-order chi connectivity index (χ0) is 18.0. The van der Waals surface area contributed by atoms with Gasteiger partial charge in [0.15, 0.2) is 5.01 Å². The molecule has 0 saturated heterocycles. The van der Waals surface area contributed by atoms with Crippen LogP contribution in [0.5, 0.6) is 0 Å². The van der Waals surface area contributed by atoms with E-state index in [9.17, 15) is 13.2 Å². The molecule has 3 rings (SSSR count). The van der Waals surface area contributed by atoms with E-state index in [0.29, 0.717) is 22.3 Å². The first kappa shape index (κ1) is 17.7. The summed E-state index contributed by atoms with van der Waals surface area (Å²) >= 11 is 7.19. The fraction of sp³-hybridized carbons (Fsp3) is 0.385. The van der Waals surface area contributed by atoms with Crippen LogP contribution in [0.25, 0.3) is 0 Å². The van der Waals surface area contributed by atoms with Gasteiger partial charge in [0, 0.05) is 19.7 Å². The molecule has 1 aliphatic rings. The number of alkyl halides is 3. The van der Waals surface area contributed by atoms with E-state index in [0.717, 1.165) is 12.3 Å². The molecule has 1 atom stereocenters. The normalized spacial score (nSPS) is 17.2. The third-order valence-corrected chi connectivity index (χ3v) is 4.56. The molecule has 0 spiro atoms. The van der Waals surface area contributed by atoms with Crippen LogP contribution in [0.1, 0.15) is 17.0 Å². The maximum Gasteiger partial charge on any atom is 0.417 e. The van der Waals surface area contributed by atoms with Gasteiger partial charge in [-0.05, 0) is 6.07 Å². The Morgan fingerprint density at radius 3 is 2.84 bits per heavy atom. The lowest BCUT2D eigenvalue weighted by atomic mass is 10.2. The largest absolute Gasteiger partial charge is 0.417 e. The van der Waals surface area contributed by atoms with Crippen LogP contribution in [0.3, 0.4) is 0 Å². The average Bonchev–Trinajstić information content (AvgIpc) is 3.21. The van der Waals surface area contributed by atoms with Gasteiger partial charge in [-0.3, -0.25) is 0 Å². The van der Waals surface area contributed by atoms with Gasteiger partial charge in [0.2, 0.25) is 5.13 Å². The highest BCUT2D eigenvalue weighted by atomic mass is 35.5. The smallest absolute Gasteiger partial charge is 0.390 e. The summed E-state index contributed by atoms with van der Waals surface area (Å²) in [7, 11) is 1.74. The number of hydrogen-bond acceptors (Lipinski definition) is 8. The SMILES string of the molecule is CNc1nnc(C2=NO[C@@H](CNc3ncc(C(F)(F)F)cc3Cl)C2)s1. The number of hydrogen-bond donors (Lipinski definition) is 2. The second-order valence-electron chi connectivity index (χ2n) is 5.06. The first-order valence-corrected chi connectivity index (χ1v) is 8.27. The van der Waals surface area contributed by atoms with E-state index in [2.05, 4.69) is 31.0 Å². The number of halogens is 4. The van der Waals surface area contributed by atoms with Gasteiger partial charge in [0.05, 0.1) is 17.1 Å². The van der Waals surface area contributed by atoms with Crippen molar-refractivity contribution in [1.82, 2.24) is 15.2 Å². The Kier molecular flexibility index (Phi) is 4.95. The minimum atomic E-state index is -4.49. The van der Waals surface area contributed by atoms with Crippen molar-refractivity contribution < 1.29 is 18.0 Å². The summed E-state index contributed by atoms with van der Waals surface area (Å²) in [5.41, 5.74) is -0.236. The van der Waals surface area contributed by atoms with E-state index < -0.39 is 11.7 Å². The van der Waals surface area contributed by atoms with Crippen LogP contribution in [-0.4, -0.2) is 40.6 Å². The van der Waals surface area contributed by atoms with E-state index in [4.69, 9.17) is 16.4 Å². The van der Waals surface area contributed by atoms with Crippen molar-refractivity contribution in [3.63, 3.8) is 0 Å². The lowest BCUT2D eigenvalue weighted by Gasteiger charge is -2.13. The average molecular weight is 393 g/mol. The van der Waals surface area contributed by atoms with Gasteiger partial charge in [-0.2, -0.15) is 13.2 Å². The van der Waals surface area contributed by atoms with Crippen LogP contribution in [-0.2, 0) is 11.0 Å². The van der Waals surface area contributed by atoms with Crippen LogP contribution in [0, 0.1) is 0 Å². The molecular weight excluding hydrogens is 381 g/mol. The predicted molar refractivity (Wildman–Crippen MR) is 88.2 cm³/mol. The lowest BCUT2D eigenvalue weighted by molar-refractivity contribution is -0.137. The van der Waals surface area contributed by atoms with E-state index in [-0.39, 0.29) is 23.5 Å². The first-order chi connectivity index (χ1) is 11.9. The van der Waals surface area contributed by atoms with Crippen molar-refractivity contribution in [3.05, 3.63) is 27.9 Å². The second kappa shape index (κ2) is 7.00. The standard InChI is InChI=1S/C13H12ClF3N6OS/c1-18-12-22-21-11(25-12)9-3-7(24-23-9)5-20-10-8(14)2-6(4-19-10)13(15,16)17/h2,4,7H,3,5H2,1H3,(H,18,22)(H,19,20)/t7-/m1/s1. The Hall–Kier alpha value is -2.14. The molecule has 0 aliphatic carbocycles. The first-order valence-electron chi connectivity index (χ1n) is 7.07. The van der Waals surface area contributed by atoms with Gasteiger partial charge in [0.25, 0.3) is 0 Å². The predicted octanol–water partition coefficient (Wildman–Crippen LogP) is 3.25. The molecule has 0 saturated carbocycles. The lowest BCUT2D eigenvalue weighted by Crippen LogP contribution is -2.21. The number of rotatable bonds is 5. The molecule has 0 amide bonds. The topological polar surface area (TPSA) is 84.3 Å². The molecule has 2 aromatic rings. The molecular formula is C13H12ClF3N6OS. The summed E-state index contributed by atoms with van der Waals surface area (Å²) in [5.74, 6) is 0.153. The fourth-order valence-electron chi connectivity index (χ4n) is 2.04. The van der Waals surface area contributed by atoms with Crippen molar-refractivity contribution in [2.75, 3.05) is 24.2 Å². The van der Waals surface area contributed by atoms with E-state index in [1.807, 2.05) is 0 Å². The Balaban J connectivity index is 1.57. The van der Waals surface area contributed by atoms with Crippen molar-refractivity contribution >= 4 is 39.6 Å². The van der Waals surface area contributed by atoms with Crippen LogP contribution >= 0.6 is 22.9 Å². The summed E-state index contributed by atoms with van der Waals surface area (Å²) in [5, 5.41) is 18.9. The number of oxime groups is 1. The van der Waals surface area contributed by atoms with Gasteiger partial charge in [-0.25, -0.2) is 4.98 Å². The van der Waals surface area contributed by atoms with Crippen molar-refractivity contribution in [3.8, 4) is 0 Å². The van der Waals surface area contributed by atoms with Crippen molar-refractivity contribution in [2.45, 2.75) is 18.7 Å². The van der Waals surface area contributed by atoms with Crippen molar-refractivity contribution in [1.29, 1.82) is 0 Å².